The number of amides is 1. The fraction of sp³-hybridized carbons (Fsp3) is 0.350. The smallest absolute Gasteiger partial charge is 0.227 e. The van der Waals surface area contributed by atoms with E-state index in [2.05, 4.69) is 0 Å². The molecule has 2 aromatic heterocycles. The molecule has 0 saturated carbocycles. The zero-order chi connectivity index (χ0) is 19.7. The van der Waals surface area contributed by atoms with E-state index in [9.17, 15) is 13.2 Å². The Labute approximate surface area is 162 Å². The van der Waals surface area contributed by atoms with E-state index in [1.807, 2.05) is 12.1 Å². The standard InChI is InChI=1S/C20H21NO6S/c1-25-16-4-5-18-14(12-27-19(18)10-16)9-20(22)21(11-17-3-2-7-26-17)15-6-8-28(23,24)13-15/h2-5,7,10,12,15H,6,8-9,11,13H2,1H3/t15-/m1/s1. The lowest BCUT2D eigenvalue weighted by atomic mass is 10.1. The number of nitrogens with zero attached hydrogens (tertiary/aromatic N) is 1. The highest BCUT2D eigenvalue weighted by atomic mass is 32.2. The minimum Gasteiger partial charge on any atom is -0.497 e. The van der Waals surface area contributed by atoms with Crippen LogP contribution in [0.25, 0.3) is 11.0 Å². The van der Waals surface area contributed by atoms with Crippen LogP contribution in [-0.2, 0) is 27.6 Å². The summed E-state index contributed by atoms with van der Waals surface area (Å²) in [4.78, 5) is 14.7. The summed E-state index contributed by atoms with van der Waals surface area (Å²) in [6.45, 7) is 0.246. The number of fused-ring (bicyclic) bond motifs is 1. The minimum atomic E-state index is -3.11. The van der Waals surface area contributed by atoms with Crippen molar-refractivity contribution in [2.24, 2.45) is 0 Å². The predicted molar refractivity (Wildman–Crippen MR) is 103 cm³/mol. The molecule has 0 aliphatic carbocycles. The number of methoxy groups -OCH3 is 1. The van der Waals surface area contributed by atoms with E-state index in [-0.39, 0.29) is 36.4 Å². The molecule has 1 aliphatic heterocycles. The lowest BCUT2D eigenvalue weighted by Gasteiger charge is -2.27. The Balaban J connectivity index is 1.58. The molecule has 1 fully saturated rings. The molecule has 0 radical (unpaired) electrons. The van der Waals surface area contributed by atoms with Crippen LogP contribution in [0.3, 0.4) is 0 Å². The minimum absolute atomic E-state index is 0.0111. The summed E-state index contributed by atoms with van der Waals surface area (Å²) in [5, 5.41) is 0.839. The van der Waals surface area contributed by atoms with Crippen molar-refractivity contribution in [3.8, 4) is 5.75 Å². The molecule has 0 bridgehead atoms. The van der Waals surface area contributed by atoms with Gasteiger partial charge in [-0.15, -0.1) is 0 Å². The van der Waals surface area contributed by atoms with E-state index in [0.29, 0.717) is 23.5 Å². The third-order valence-electron chi connectivity index (χ3n) is 5.08. The zero-order valence-electron chi connectivity index (χ0n) is 15.5. The first kappa shape index (κ1) is 18.6. The zero-order valence-corrected chi connectivity index (χ0v) is 16.3. The number of furan rings is 2. The molecule has 7 nitrogen and oxygen atoms in total. The number of hydrogen-bond acceptors (Lipinski definition) is 6. The third kappa shape index (κ3) is 3.77. The molecule has 0 unspecified atom stereocenters. The SMILES string of the molecule is COc1ccc2c(CC(=O)N(Cc3ccco3)[C@@H]3CCS(=O)(=O)C3)coc2c1. The summed E-state index contributed by atoms with van der Waals surface area (Å²) in [5.41, 5.74) is 1.40. The third-order valence-corrected chi connectivity index (χ3v) is 6.83. The van der Waals surface area contributed by atoms with Crippen LogP contribution in [0.2, 0.25) is 0 Å². The van der Waals surface area contributed by atoms with Gasteiger partial charge in [-0.1, -0.05) is 0 Å². The van der Waals surface area contributed by atoms with Gasteiger partial charge in [0.2, 0.25) is 5.91 Å². The molecule has 148 valence electrons. The number of hydrogen-bond donors (Lipinski definition) is 0. The van der Waals surface area contributed by atoms with E-state index >= 15 is 0 Å². The number of sulfone groups is 1. The molecule has 1 atom stereocenters. The Hall–Kier alpha value is -2.74. The van der Waals surface area contributed by atoms with Gasteiger partial charge in [0.15, 0.2) is 9.84 Å². The van der Waals surface area contributed by atoms with Crippen LogP contribution in [0.5, 0.6) is 5.75 Å². The van der Waals surface area contributed by atoms with Gasteiger partial charge in [-0.05, 0) is 30.7 Å². The molecule has 1 saturated heterocycles. The largest absolute Gasteiger partial charge is 0.497 e. The highest BCUT2D eigenvalue weighted by molar-refractivity contribution is 7.91. The molecule has 1 aliphatic rings. The molecule has 28 heavy (non-hydrogen) atoms. The Bertz CT molecular complexity index is 1080. The molecule has 8 heteroatoms. The van der Waals surface area contributed by atoms with Crippen molar-refractivity contribution in [2.45, 2.75) is 25.4 Å². The summed E-state index contributed by atoms with van der Waals surface area (Å²) >= 11 is 0. The van der Waals surface area contributed by atoms with Crippen molar-refractivity contribution >= 4 is 26.7 Å². The molecule has 1 aromatic carbocycles. The maximum absolute atomic E-state index is 13.1. The van der Waals surface area contributed by atoms with Crippen molar-refractivity contribution in [2.75, 3.05) is 18.6 Å². The van der Waals surface area contributed by atoms with Gasteiger partial charge in [0.25, 0.3) is 0 Å². The first-order valence-corrected chi connectivity index (χ1v) is 10.8. The normalized spacial score (nSPS) is 18.4. The van der Waals surface area contributed by atoms with Gasteiger partial charge in [0.1, 0.15) is 17.1 Å². The number of carbonyl (C=O) groups excluding carboxylic acids is 1. The Morgan fingerprint density at radius 1 is 1.29 bits per heavy atom. The van der Waals surface area contributed by atoms with E-state index in [1.54, 1.807) is 42.7 Å². The van der Waals surface area contributed by atoms with Gasteiger partial charge >= 0.3 is 0 Å². The van der Waals surface area contributed by atoms with Crippen LogP contribution in [0.15, 0.2) is 51.7 Å². The van der Waals surface area contributed by atoms with E-state index in [1.165, 1.54) is 0 Å². The highest BCUT2D eigenvalue weighted by Gasteiger charge is 2.35. The predicted octanol–water partition coefficient (Wildman–Crippen LogP) is 2.79. The van der Waals surface area contributed by atoms with Gasteiger partial charge in [-0.25, -0.2) is 8.42 Å². The maximum Gasteiger partial charge on any atom is 0.227 e. The summed E-state index contributed by atoms with van der Waals surface area (Å²) < 4.78 is 40.0. The summed E-state index contributed by atoms with van der Waals surface area (Å²) in [7, 11) is -1.53. The van der Waals surface area contributed by atoms with Crippen LogP contribution in [-0.4, -0.2) is 43.9 Å². The van der Waals surface area contributed by atoms with Crippen molar-refractivity contribution in [1.82, 2.24) is 4.90 Å². The van der Waals surface area contributed by atoms with Crippen molar-refractivity contribution in [3.63, 3.8) is 0 Å². The summed E-state index contributed by atoms with van der Waals surface area (Å²) in [6.07, 6.45) is 3.67. The average Bonchev–Trinajstić information content (AvgIpc) is 3.40. The summed E-state index contributed by atoms with van der Waals surface area (Å²) in [6, 6.07) is 8.63. The van der Waals surface area contributed by atoms with Crippen LogP contribution in [0, 0.1) is 0 Å². The molecule has 3 heterocycles. The fourth-order valence-corrected chi connectivity index (χ4v) is 5.34. The topological polar surface area (TPSA) is 90.0 Å². The van der Waals surface area contributed by atoms with Crippen LogP contribution < -0.4 is 4.74 Å². The lowest BCUT2D eigenvalue weighted by Crippen LogP contribution is -2.41. The molecular formula is C20H21NO6S. The Morgan fingerprint density at radius 2 is 2.14 bits per heavy atom. The Kier molecular flexibility index (Phi) is 4.89. The first-order chi connectivity index (χ1) is 13.4. The van der Waals surface area contributed by atoms with Gasteiger partial charge in [-0.3, -0.25) is 4.79 Å². The lowest BCUT2D eigenvalue weighted by molar-refractivity contribution is -0.133. The van der Waals surface area contributed by atoms with Gasteiger partial charge in [0.05, 0.1) is 44.1 Å². The molecule has 0 N–H and O–H groups in total. The second-order valence-corrected chi connectivity index (χ2v) is 9.19. The average molecular weight is 403 g/mol. The molecule has 1 amide bonds. The van der Waals surface area contributed by atoms with Crippen molar-refractivity contribution in [3.05, 3.63) is 54.2 Å². The monoisotopic (exact) mass is 403 g/mol. The fourth-order valence-electron chi connectivity index (χ4n) is 3.60. The van der Waals surface area contributed by atoms with Crippen LogP contribution in [0.1, 0.15) is 17.7 Å². The summed E-state index contributed by atoms with van der Waals surface area (Å²) in [5.74, 6) is 1.24. The van der Waals surface area contributed by atoms with Gasteiger partial charge in [-0.2, -0.15) is 0 Å². The van der Waals surface area contributed by atoms with Crippen molar-refractivity contribution < 1.29 is 26.8 Å². The Morgan fingerprint density at radius 3 is 2.82 bits per heavy atom. The number of ether oxygens (including phenoxy) is 1. The van der Waals surface area contributed by atoms with Gasteiger partial charge in [0, 0.05) is 23.1 Å². The molecule has 4 rings (SSSR count). The van der Waals surface area contributed by atoms with Crippen LogP contribution in [0.4, 0.5) is 0 Å². The van der Waals surface area contributed by atoms with Crippen molar-refractivity contribution in [1.29, 1.82) is 0 Å². The van der Waals surface area contributed by atoms with Crippen LogP contribution >= 0.6 is 0 Å². The quantitative estimate of drug-likeness (QED) is 0.629. The van der Waals surface area contributed by atoms with Gasteiger partial charge < -0.3 is 18.5 Å². The maximum atomic E-state index is 13.1. The van der Waals surface area contributed by atoms with E-state index in [0.717, 1.165) is 10.9 Å². The second-order valence-electron chi connectivity index (χ2n) is 6.96. The highest BCUT2D eigenvalue weighted by Crippen LogP contribution is 2.27. The molecule has 0 spiro atoms. The number of rotatable bonds is 6. The number of carbonyl (C=O) groups is 1. The van der Waals surface area contributed by atoms with E-state index < -0.39 is 9.84 Å². The second kappa shape index (κ2) is 7.35. The molecule has 3 aromatic rings. The van der Waals surface area contributed by atoms with E-state index in [4.69, 9.17) is 13.6 Å². The number of benzene rings is 1. The molecular weight excluding hydrogens is 382 g/mol. The first-order valence-electron chi connectivity index (χ1n) is 9.01.